The Labute approximate surface area is 131 Å². The summed E-state index contributed by atoms with van der Waals surface area (Å²) in [6.07, 6.45) is 0.324. The van der Waals surface area contributed by atoms with Gasteiger partial charge in [0.1, 0.15) is 6.17 Å². The van der Waals surface area contributed by atoms with Crippen molar-refractivity contribution >= 4 is 11.9 Å². The van der Waals surface area contributed by atoms with Crippen molar-refractivity contribution in [1.82, 2.24) is 14.7 Å². The fraction of sp³-hybridized carbons (Fsp3) is 0.412. The zero-order chi connectivity index (χ0) is 16.3. The van der Waals surface area contributed by atoms with Crippen LogP contribution in [0.15, 0.2) is 42.5 Å². The van der Waals surface area contributed by atoms with Gasteiger partial charge in [0.2, 0.25) is 0 Å². The normalized spacial score (nSPS) is 19.3. The number of urea groups is 1. The van der Waals surface area contributed by atoms with Crippen LogP contribution in [0.3, 0.4) is 0 Å². The Hall–Kier alpha value is -2.14. The predicted octanol–water partition coefficient (Wildman–Crippen LogP) is 2.30. The molecule has 0 aliphatic carbocycles. The molecule has 1 heterocycles. The SMILES string of the molecule is C=C1C(=O)N(CCC)C(=O)N(Cc2ccccc2)C1N(C)C. The Morgan fingerprint density at radius 2 is 1.82 bits per heavy atom. The molecule has 1 aromatic rings. The van der Waals surface area contributed by atoms with Crippen molar-refractivity contribution in [3.05, 3.63) is 48.0 Å². The lowest BCUT2D eigenvalue weighted by Crippen LogP contribution is -2.61. The lowest BCUT2D eigenvalue weighted by atomic mass is 10.1. The van der Waals surface area contributed by atoms with Crippen molar-refractivity contribution in [2.24, 2.45) is 0 Å². The average molecular weight is 301 g/mol. The van der Waals surface area contributed by atoms with Crippen molar-refractivity contribution in [1.29, 1.82) is 0 Å². The van der Waals surface area contributed by atoms with E-state index < -0.39 is 6.17 Å². The molecule has 1 aromatic carbocycles. The molecular formula is C17H23N3O2. The predicted molar refractivity (Wildman–Crippen MR) is 86.0 cm³/mol. The van der Waals surface area contributed by atoms with Gasteiger partial charge in [0.05, 0.1) is 0 Å². The Balaban J connectivity index is 2.34. The van der Waals surface area contributed by atoms with E-state index >= 15 is 0 Å². The highest BCUT2D eigenvalue weighted by molar-refractivity contribution is 6.07. The molecule has 1 unspecified atom stereocenters. The van der Waals surface area contributed by atoms with Gasteiger partial charge in [-0.25, -0.2) is 4.79 Å². The maximum Gasteiger partial charge on any atom is 0.328 e. The largest absolute Gasteiger partial charge is 0.328 e. The fourth-order valence-corrected chi connectivity index (χ4v) is 2.76. The summed E-state index contributed by atoms with van der Waals surface area (Å²) in [6.45, 7) is 6.75. The van der Waals surface area contributed by atoms with E-state index in [1.165, 1.54) is 4.90 Å². The summed E-state index contributed by atoms with van der Waals surface area (Å²) in [7, 11) is 3.70. The quantitative estimate of drug-likeness (QED) is 0.784. The van der Waals surface area contributed by atoms with Crippen molar-refractivity contribution in [3.63, 3.8) is 0 Å². The standard InChI is InChI=1S/C17H23N3O2/c1-5-11-19-16(21)13(2)15(18(3)4)20(17(19)22)12-14-9-7-6-8-10-14/h6-10,15H,2,5,11-12H2,1,3-4H3. The molecule has 0 saturated carbocycles. The van der Waals surface area contributed by atoms with Crippen molar-refractivity contribution < 1.29 is 9.59 Å². The molecule has 1 aliphatic rings. The average Bonchev–Trinajstić information content (AvgIpc) is 2.50. The van der Waals surface area contributed by atoms with Crippen LogP contribution in [0.5, 0.6) is 0 Å². The van der Waals surface area contributed by atoms with Gasteiger partial charge in [-0.2, -0.15) is 0 Å². The van der Waals surface area contributed by atoms with Crippen LogP contribution in [-0.2, 0) is 11.3 Å². The third-order valence-corrected chi connectivity index (χ3v) is 3.74. The third-order valence-electron chi connectivity index (χ3n) is 3.74. The maximum absolute atomic E-state index is 12.8. The molecule has 5 heteroatoms. The van der Waals surface area contributed by atoms with E-state index in [1.807, 2.05) is 56.3 Å². The Bertz CT molecular complexity index is 569. The lowest BCUT2D eigenvalue weighted by Gasteiger charge is -2.44. The number of carbonyl (C=O) groups excluding carboxylic acids is 2. The highest BCUT2D eigenvalue weighted by atomic mass is 16.2. The summed E-state index contributed by atoms with van der Waals surface area (Å²) < 4.78 is 0. The second kappa shape index (κ2) is 6.75. The number of amides is 3. The maximum atomic E-state index is 12.8. The second-order valence-corrected chi connectivity index (χ2v) is 5.72. The van der Waals surface area contributed by atoms with Crippen LogP contribution in [0, 0.1) is 0 Å². The van der Waals surface area contributed by atoms with E-state index in [0.29, 0.717) is 18.7 Å². The number of likely N-dealkylation sites (N-methyl/N-ethyl adjacent to an activating group) is 1. The minimum absolute atomic E-state index is 0.248. The molecule has 1 fully saturated rings. The fourth-order valence-electron chi connectivity index (χ4n) is 2.76. The summed E-state index contributed by atoms with van der Waals surface area (Å²) in [6, 6.07) is 9.53. The van der Waals surface area contributed by atoms with Crippen molar-refractivity contribution in [3.8, 4) is 0 Å². The third kappa shape index (κ3) is 3.04. The van der Waals surface area contributed by atoms with Gasteiger partial charge in [-0.15, -0.1) is 0 Å². The first-order valence-corrected chi connectivity index (χ1v) is 7.49. The second-order valence-electron chi connectivity index (χ2n) is 5.72. The van der Waals surface area contributed by atoms with Gasteiger partial charge in [-0.1, -0.05) is 43.8 Å². The number of nitrogens with zero attached hydrogens (tertiary/aromatic N) is 3. The molecule has 0 bridgehead atoms. The van der Waals surface area contributed by atoms with Crippen molar-refractivity contribution in [2.45, 2.75) is 26.1 Å². The summed E-state index contributed by atoms with van der Waals surface area (Å²) in [5, 5.41) is 0. The molecule has 1 atom stereocenters. The van der Waals surface area contributed by atoms with E-state index in [0.717, 1.165) is 12.0 Å². The van der Waals surface area contributed by atoms with Gasteiger partial charge in [0.25, 0.3) is 5.91 Å². The molecule has 22 heavy (non-hydrogen) atoms. The highest BCUT2D eigenvalue weighted by Gasteiger charge is 2.42. The van der Waals surface area contributed by atoms with E-state index in [2.05, 4.69) is 6.58 Å². The van der Waals surface area contributed by atoms with Crippen LogP contribution in [-0.4, -0.2) is 53.4 Å². The molecule has 0 spiro atoms. The number of carbonyl (C=O) groups is 2. The van der Waals surface area contributed by atoms with Gasteiger partial charge in [-0.3, -0.25) is 19.5 Å². The number of rotatable bonds is 5. The Morgan fingerprint density at radius 1 is 1.18 bits per heavy atom. The minimum Gasteiger partial charge on any atom is -0.300 e. The molecule has 1 saturated heterocycles. The number of imide groups is 1. The van der Waals surface area contributed by atoms with Gasteiger partial charge >= 0.3 is 6.03 Å². The first-order chi connectivity index (χ1) is 10.5. The van der Waals surface area contributed by atoms with Crippen LogP contribution in [0.4, 0.5) is 4.79 Å². The van der Waals surface area contributed by atoms with Crippen LogP contribution in [0.25, 0.3) is 0 Å². The molecule has 1 aliphatic heterocycles. The zero-order valence-corrected chi connectivity index (χ0v) is 13.5. The van der Waals surface area contributed by atoms with E-state index in [4.69, 9.17) is 0 Å². The summed E-state index contributed by atoms with van der Waals surface area (Å²) in [5.41, 5.74) is 1.47. The highest BCUT2D eigenvalue weighted by Crippen LogP contribution is 2.25. The van der Waals surface area contributed by atoms with Crippen LogP contribution >= 0.6 is 0 Å². The van der Waals surface area contributed by atoms with Gasteiger partial charge < -0.3 is 0 Å². The van der Waals surface area contributed by atoms with Gasteiger partial charge in [-0.05, 0) is 26.1 Å². The van der Waals surface area contributed by atoms with E-state index in [9.17, 15) is 9.59 Å². The first kappa shape index (κ1) is 16.2. The minimum atomic E-state index is -0.409. The number of hydrogen-bond acceptors (Lipinski definition) is 3. The van der Waals surface area contributed by atoms with Gasteiger partial charge in [0, 0.05) is 18.7 Å². The lowest BCUT2D eigenvalue weighted by molar-refractivity contribution is -0.129. The molecule has 0 radical (unpaired) electrons. The van der Waals surface area contributed by atoms with Crippen molar-refractivity contribution in [2.75, 3.05) is 20.6 Å². The monoisotopic (exact) mass is 301 g/mol. The van der Waals surface area contributed by atoms with Crippen LogP contribution in [0.2, 0.25) is 0 Å². The molecular weight excluding hydrogens is 278 g/mol. The van der Waals surface area contributed by atoms with E-state index in [-0.39, 0.29) is 11.9 Å². The molecule has 2 rings (SSSR count). The van der Waals surface area contributed by atoms with Crippen LogP contribution in [0.1, 0.15) is 18.9 Å². The van der Waals surface area contributed by atoms with Gasteiger partial charge in [0.15, 0.2) is 0 Å². The number of hydrogen-bond donors (Lipinski definition) is 0. The molecule has 0 N–H and O–H groups in total. The summed E-state index contributed by atoms with van der Waals surface area (Å²) >= 11 is 0. The zero-order valence-electron chi connectivity index (χ0n) is 13.5. The molecule has 0 aromatic heterocycles. The summed E-state index contributed by atoms with van der Waals surface area (Å²) in [4.78, 5) is 30.0. The topological polar surface area (TPSA) is 43.9 Å². The van der Waals surface area contributed by atoms with Crippen LogP contribution < -0.4 is 0 Å². The Morgan fingerprint density at radius 3 is 2.36 bits per heavy atom. The van der Waals surface area contributed by atoms with E-state index in [1.54, 1.807) is 4.90 Å². The Kier molecular flexibility index (Phi) is 4.98. The molecule has 3 amide bonds. The summed E-state index contributed by atoms with van der Waals surface area (Å²) in [5.74, 6) is -0.269. The number of benzene rings is 1. The molecule has 5 nitrogen and oxygen atoms in total. The first-order valence-electron chi connectivity index (χ1n) is 7.49. The molecule has 118 valence electrons. The smallest absolute Gasteiger partial charge is 0.300 e.